The highest BCUT2D eigenvalue weighted by atomic mass is 19.1. The summed E-state index contributed by atoms with van der Waals surface area (Å²) in [5.74, 6) is -2.47. The normalized spacial score (nSPS) is 15.2. The van der Waals surface area contributed by atoms with Gasteiger partial charge in [-0.05, 0) is 49.4 Å². The predicted octanol–water partition coefficient (Wildman–Crippen LogP) is 5.96. The van der Waals surface area contributed by atoms with Gasteiger partial charge in [-0.15, -0.1) is 5.10 Å². The first-order valence-corrected chi connectivity index (χ1v) is 13.1. The maximum atomic E-state index is 15.4. The maximum Gasteiger partial charge on any atom is 0.413 e. The molecule has 212 valence electrons. The van der Waals surface area contributed by atoms with Gasteiger partial charge < -0.3 is 14.6 Å². The minimum atomic E-state index is -1.08. The van der Waals surface area contributed by atoms with Gasteiger partial charge >= 0.3 is 12.1 Å². The monoisotopic (exact) mass is 562 g/mol. The molecule has 3 aromatic carbocycles. The van der Waals surface area contributed by atoms with Gasteiger partial charge in [0, 0.05) is 24.8 Å². The molecule has 1 saturated heterocycles. The maximum absolute atomic E-state index is 15.4. The SMILES string of the molecule is Cc1nnn(-c2cc(F)c(-c3ccc(C4(C(=O)O)CCOCC4)cc3)cc2F)c1NC(=O)O[C@H](C)c1ccccc1. The summed E-state index contributed by atoms with van der Waals surface area (Å²) >= 11 is 0. The number of carboxylic acids is 1. The van der Waals surface area contributed by atoms with Gasteiger partial charge in [-0.3, -0.25) is 10.1 Å². The number of hydrogen-bond acceptors (Lipinski definition) is 6. The van der Waals surface area contributed by atoms with Gasteiger partial charge in [0.15, 0.2) is 5.82 Å². The fourth-order valence-corrected chi connectivity index (χ4v) is 4.98. The fraction of sp³-hybridized carbons (Fsp3) is 0.267. The second kappa shape index (κ2) is 11.5. The predicted molar refractivity (Wildman–Crippen MR) is 146 cm³/mol. The Kier molecular flexibility index (Phi) is 7.80. The standard InChI is InChI=1S/C30H28F2N4O5/c1-18-27(33-29(39)41-19(2)20-6-4-3-5-7-20)36(35-34-18)26-17-24(31)23(16-25(26)32)21-8-10-22(11-9-21)30(28(37)38)12-14-40-15-13-30/h3-11,16-17,19H,12-15H2,1-2H3,(H,33,39)(H,37,38)/t19-/m1/s1. The van der Waals surface area contributed by atoms with Gasteiger partial charge in [0.05, 0.1) is 5.41 Å². The smallest absolute Gasteiger partial charge is 0.413 e. The highest BCUT2D eigenvalue weighted by Gasteiger charge is 2.41. The summed E-state index contributed by atoms with van der Waals surface area (Å²) in [5.41, 5.74) is 0.646. The number of benzene rings is 3. The third kappa shape index (κ3) is 5.53. The summed E-state index contributed by atoms with van der Waals surface area (Å²) in [6, 6.07) is 17.5. The topological polar surface area (TPSA) is 116 Å². The summed E-state index contributed by atoms with van der Waals surface area (Å²) in [6.07, 6.45) is -0.718. The quantitative estimate of drug-likeness (QED) is 0.285. The fourth-order valence-electron chi connectivity index (χ4n) is 4.98. The zero-order valence-corrected chi connectivity index (χ0v) is 22.4. The Balaban J connectivity index is 1.39. The number of nitrogens with one attached hydrogen (secondary N) is 1. The van der Waals surface area contributed by atoms with Crippen LogP contribution in [-0.2, 0) is 19.7 Å². The number of amides is 1. The Hall–Kier alpha value is -4.64. The zero-order valence-electron chi connectivity index (χ0n) is 22.4. The van der Waals surface area contributed by atoms with Gasteiger partial charge in [0.1, 0.15) is 29.1 Å². The number of carboxylic acid groups (broad SMARTS) is 1. The molecule has 11 heteroatoms. The van der Waals surface area contributed by atoms with E-state index in [-0.39, 0.29) is 22.8 Å². The van der Waals surface area contributed by atoms with Crippen LogP contribution in [-0.4, -0.2) is 45.4 Å². The lowest BCUT2D eigenvalue weighted by Gasteiger charge is -2.33. The summed E-state index contributed by atoms with van der Waals surface area (Å²) in [4.78, 5) is 24.7. The zero-order chi connectivity index (χ0) is 29.1. The van der Waals surface area contributed by atoms with Gasteiger partial charge in [-0.25, -0.2) is 13.6 Å². The average molecular weight is 563 g/mol. The van der Waals surface area contributed by atoms with Crippen LogP contribution < -0.4 is 5.32 Å². The number of rotatable bonds is 7. The Labute approximate surface area is 234 Å². The van der Waals surface area contributed by atoms with Crippen LogP contribution in [0.4, 0.5) is 19.4 Å². The molecular weight excluding hydrogens is 534 g/mol. The van der Waals surface area contributed by atoms with E-state index in [4.69, 9.17) is 9.47 Å². The summed E-state index contributed by atoms with van der Waals surface area (Å²) in [5, 5.41) is 20.2. The lowest BCUT2D eigenvalue weighted by atomic mass is 9.74. The number of hydrogen-bond donors (Lipinski definition) is 2. The van der Waals surface area contributed by atoms with E-state index in [0.29, 0.717) is 37.2 Å². The molecule has 0 bridgehead atoms. The van der Waals surface area contributed by atoms with Crippen LogP contribution in [0.25, 0.3) is 16.8 Å². The third-order valence-electron chi connectivity index (χ3n) is 7.38. The molecule has 1 atom stereocenters. The minimum absolute atomic E-state index is 0.0170. The van der Waals surface area contributed by atoms with E-state index in [9.17, 15) is 14.7 Å². The first kappa shape index (κ1) is 27.9. The van der Waals surface area contributed by atoms with Crippen LogP contribution in [0.2, 0.25) is 0 Å². The molecule has 1 aliphatic rings. The summed E-state index contributed by atoms with van der Waals surface area (Å²) in [7, 11) is 0. The Bertz CT molecular complexity index is 1570. The molecule has 2 heterocycles. The average Bonchev–Trinajstić information content (AvgIpc) is 3.33. The Morgan fingerprint density at radius 2 is 1.73 bits per heavy atom. The molecule has 0 saturated carbocycles. The van der Waals surface area contributed by atoms with E-state index in [1.54, 1.807) is 38.1 Å². The number of ether oxygens (including phenoxy) is 2. The van der Waals surface area contributed by atoms with Gasteiger partial charge in [0.2, 0.25) is 0 Å². The number of carbonyl (C=O) groups is 2. The lowest BCUT2D eigenvalue weighted by Crippen LogP contribution is -2.41. The number of nitrogens with zero attached hydrogens (tertiary/aromatic N) is 3. The molecule has 1 aliphatic heterocycles. The Morgan fingerprint density at radius 1 is 1.05 bits per heavy atom. The Morgan fingerprint density at radius 3 is 2.39 bits per heavy atom. The second-order valence-electron chi connectivity index (χ2n) is 9.88. The first-order valence-electron chi connectivity index (χ1n) is 13.1. The van der Waals surface area contributed by atoms with Crippen LogP contribution in [0, 0.1) is 18.6 Å². The number of aliphatic carboxylic acids is 1. The molecule has 4 aromatic rings. The van der Waals surface area contributed by atoms with Gasteiger partial charge in [0.25, 0.3) is 0 Å². The molecule has 0 radical (unpaired) electrons. The van der Waals surface area contributed by atoms with Crippen molar-refractivity contribution in [3.63, 3.8) is 0 Å². The van der Waals surface area contributed by atoms with Gasteiger partial charge in [-0.1, -0.05) is 59.8 Å². The third-order valence-corrected chi connectivity index (χ3v) is 7.38. The van der Waals surface area contributed by atoms with Crippen LogP contribution in [0.3, 0.4) is 0 Å². The van der Waals surface area contributed by atoms with Crippen LogP contribution >= 0.6 is 0 Å². The van der Waals surface area contributed by atoms with E-state index in [2.05, 4.69) is 15.6 Å². The van der Waals surface area contributed by atoms with Crippen molar-refractivity contribution in [1.29, 1.82) is 0 Å². The van der Waals surface area contributed by atoms with E-state index in [1.165, 1.54) is 0 Å². The second-order valence-corrected chi connectivity index (χ2v) is 9.88. The number of aromatic nitrogens is 3. The van der Waals surface area contributed by atoms with Crippen molar-refractivity contribution in [2.24, 2.45) is 0 Å². The molecule has 1 amide bonds. The van der Waals surface area contributed by atoms with Crippen LogP contribution in [0.1, 0.15) is 42.7 Å². The lowest BCUT2D eigenvalue weighted by molar-refractivity contribution is -0.147. The molecule has 0 aliphatic carbocycles. The minimum Gasteiger partial charge on any atom is -0.481 e. The van der Waals surface area contributed by atoms with Crippen molar-refractivity contribution in [3.8, 4) is 16.8 Å². The highest BCUT2D eigenvalue weighted by molar-refractivity contribution is 5.85. The summed E-state index contributed by atoms with van der Waals surface area (Å²) in [6.45, 7) is 3.93. The summed E-state index contributed by atoms with van der Waals surface area (Å²) < 4.78 is 42.5. The van der Waals surface area contributed by atoms with Crippen molar-refractivity contribution in [1.82, 2.24) is 15.0 Å². The number of halogens is 2. The molecule has 2 N–H and O–H groups in total. The van der Waals surface area contributed by atoms with Crippen LogP contribution in [0.5, 0.6) is 0 Å². The van der Waals surface area contributed by atoms with E-state index < -0.39 is 35.2 Å². The van der Waals surface area contributed by atoms with Crippen molar-refractivity contribution in [3.05, 3.63) is 95.2 Å². The number of anilines is 1. The largest absolute Gasteiger partial charge is 0.481 e. The van der Waals surface area contributed by atoms with Crippen molar-refractivity contribution in [2.75, 3.05) is 18.5 Å². The van der Waals surface area contributed by atoms with Crippen molar-refractivity contribution in [2.45, 2.75) is 38.2 Å². The van der Waals surface area contributed by atoms with Crippen LogP contribution in [0.15, 0.2) is 66.7 Å². The molecule has 9 nitrogen and oxygen atoms in total. The molecule has 0 unspecified atom stereocenters. The number of aryl methyl sites for hydroxylation is 1. The van der Waals surface area contributed by atoms with E-state index in [1.807, 2.05) is 30.3 Å². The molecule has 1 aromatic heterocycles. The molecular formula is C30H28F2N4O5. The molecule has 5 rings (SSSR count). The highest BCUT2D eigenvalue weighted by Crippen LogP contribution is 2.37. The first-order chi connectivity index (χ1) is 19.7. The number of carbonyl (C=O) groups excluding carboxylic acids is 1. The van der Waals surface area contributed by atoms with Crippen molar-refractivity contribution < 1.29 is 33.0 Å². The molecule has 41 heavy (non-hydrogen) atoms. The molecule has 0 spiro atoms. The van der Waals surface area contributed by atoms with E-state index in [0.717, 1.165) is 22.4 Å². The van der Waals surface area contributed by atoms with Crippen molar-refractivity contribution >= 4 is 17.9 Å². The van der Waals surface area contributed by atoms with Gasteiger partial charge in [-0.2, -0.15) is 4.68 Å². The molecule has 1 fully saturated rings. The van der Waals surface area contributed by atoms with E-state index >= 15 is 8.78 Å².